The SMILES string of the molecule is CSc1ccc(F)c2c1CC(F)(F)[C@@H]2F. The van der Waals surface area contributed by atoms with Crippen molar-refractivity contribution in [1.82, 2.24) is 0 Å². The Balaban J connectivity index is 2.61. The van der Waals surface area contributed by atoms with E-state index in [9.17, 15) is 17.6 Å². The molecule has 0 spiro atoms. The molecule has 1 aromatic carbocycles. The topological polar surface area (TPSA) is 0 Å². The molecule has 5 heteroatoms. The molecule has 0 heterocycles. The van der Waals surface area contributed by atoms with Crippen LogP contribution in [0, 0.1) is 5.82 Å². The molecule has 0 aliphatic heterocycles. The van der Waals surface area contributed by atoms with Gasteiger partial charge in [0.1, 0.15) is 5.82 Å². The quantitative estimate of drug-likeness (QED) is 0.528. The lowest BCUT2D eigenvalue weighted by Crippen LogP contribution is -2.18. The van der Waals surface area contributed by atoms with Crippen LogP contribution in [0.1, 0.15) is 17.3 Å². The zero-order valence-corrected chi connectivity index (χ0v) is 8.68. The Morgan fingerprint density at radius 3 is 2.67 bits per heavy atom. The molecule has 0 saturated carbocycles. The minimum absolute atomic E-state index is 0.111. The van der Waals surface area contributed by atoms with Crippen LogP contribution in [0.3, 0.4) is 0 Å². The second kappa shape index (κ2) is 3.40. The molecule has 2 rings (SSSR count). The van der Waals surface area contributed by atoms with Crippen molar-refractivity contribution in [2.24, 2.45) is 0 Å². The fourth-order valence-electron chi connectivity index (χ4n) is 1.80. The number of fused-ring (bicyclic) bond motifs is 1. The van der Waals surface area contributed by atoms with Crippen molar-refractivity contribution in [1.29, 1.82) is 0 Å². The molecule has 1 aromatic rings. The molecule has 0 radical (unpaired) electrons. The van der Waals surface area contributed by atoms with E-state index in [0.29, 0.717) is 4.90 Å². The Bertz CT molecular complexity index is 403. The lowest BCUT2D eigenvalue weighted by atomic mass is 10.1. The molecule has 0 N–H and O–H groups in total. The molecule has 0 unspecified atom stereocenters. The number of benzene rings is 1. The summed E-state index contributed by atoms with van der Waals surface area (Å²) < 4.78 is 52.6. The van der Waals surface area contributed by atoms with E-state index in [1.165, 1.54) is 17.8 Å². The average Bonchev–Trinajstić information content (AvgIpc) is 2.40. The van der Waals surface area contributed by atoms with E-state index in [2.05, 4.69) is 0 Å². The summed E-state index contributed by atoms with van der Waals surface area (Å²) in [5, 5.41) is 0. The van der Waals surface area contributed by atoms with Gasteiger partial charge in [-0.05, 0) is 24.0 Å². The van der Waals surface area contributed by atoms with Gasteiger partial charge in [-0.15, -0.1) is 11.8 Å². The summed E-state index contributed by atoms with van der Waals surface area (Å²) in [6.07, 6.45) is -1.53. The predicted octanol–water partition coefficient (Wildman–Crippen LogP) is 3.75. The van der Waals surface area contributed by atoms with Crippen molar-refractivity contribution in [3.8, 4) is 0 Å². The van der Waals surface area contributed by atoms with Crippen LogP contribution in [-0.2, 0) is 6.42 Å². The van der Waals surface area contributed by atoms with Gasteiger partial charge in [0, 0.05) is 16.9 Å². The highest BCUT2D eigenvalue weighted by Crippen LogP contribution is 2.49. The standard InChI is InChI=1S/C10H8F4S/c1-15-7-3-2-6(11)8-5(7)4-10(13,14)9(8)12/h2-3,9H,4H2,1H3/t9-/m1/s1. The molecule has 0 fully saturated rings. The van der Waals surface area contributed by atoms with Crippen LogP contribution in [0.25, 0.3) is 0 Å². The first kappa shape index (κ1) is 10.8. The molecule has 1 aliphatic carbocycles. The lowest BCUT2D eigenvalue weighted by molar-refractivity contribution is -0.0611. The highest BCUT2D eigenvalue weighted by Gasteiger charge is 2.50. The summed E-state index contributed by atoms with van der Waals surface area (Å²) in [7, 11) is 0. The van der Waals surface area contributed by atoms with E-state index in [1.807, 2.05) is 0 Å². The predicted molar refractivity (Wildman–Crippen MR) is 50.7 cm³/mol. The third kappa shape index (κ3) is 1.53. The van der Waals surface area contributed by atoms with Crippen LogP contribution in [0.2, 0.25) is 0 Å². The van der Waals surface area contributed by atoms with Gasteiger partial charge in [0.25, 0.3) is 5.92 Å². The van der Waals surface area contributed by atoms with Crippen LogP contribution in [0.15, 0.2) is 17.0 Å². The van der Waals surface area contributed by atoms with E-state index in [4.69, 9.17) is 0 Å². The fourth-order valence-corrected chi connectivity index (χ4v) is 2.43. The normalized spacial score (nSPS) is 22.9. The highest BCUT2D eigenvalue weighted by atomic mass is 32.2. The van der Waals surface area contributed by atoms with Crippen molar-refractivity contribution < 1.29 is 17.6 Å². The summed E-state index contributed by atoms with van der Waals surface area (Å²) in [6.45, 7) is 0. The molecular formula is C10H8F4S. The molecule has 1 atom stereocenters. The van der Waals surface area contributed by atoms with Crippen molar-refractivity contribution in [2.45, 2.75) is 23.4 Å². The molecule has 0 amide bonds. The molecule has 0 bridgehead atoms. The first-order valence-electron chi connectivity index (χ1n) is 4.34. The van der Waals surface area contributed by atoms with Gasteiger partial charge < -0.3 is 0 Å². The van der Waals surface area contributed by atoms with Gasteiger partial charge in [0.15, 0.2) is 6.17 Å². The maximum Gasteiger partial charge on any atom is 0.286 e. The number of hydrogen-bond acceptors (Lipinski definition) is 1. The first-order valence-corrected chi connectivity index (χ1v) is 5.57. The lowest BCUT2D eigenvalue weighted by Gasteiger charge is -2.10. The van der Waals surface area contributed by atoms with E-state index in [0.717, 1.165) is 6.07 Å². The van der Waals surface area contributed by atoms with Gasteiger partial charge in [0.2, 0.25) is 0 Å². The fraction of sp³-hybridized carbons (Fsp3) is 0.400. The summed E-state index contributed by atoms with van der Waals surface area (Å²) in [5.74, 6) is -4.36. The van der Waals surface area contributed by atoms with E-state index in [1.54, 1.807) is 6.26 Å². The van der Waals surface area contributed by atoms with Crippen molar-refractivity contribution in [2.75, 3.05) is 6.26 Å². The second-order valence-electron chi connectivity index (χ2n) is 3.44. The van der Waals surface area contributed by atoms with Crippen LogP contribution in [-0.4, -0.2) is 12.2 Å². The van der Waals surface area contributed by atoms with Gasteiger partial charge in [-0.25, -0.2) is 17.6 Å². The van der Waals surface area contributed by atoms with E-state index >= 15 is 0 Å². The Kier molecular flexibility index (Phi) is 2.45. The molecule has 82 valence electrons. The average molecular weight is 236 g/mol. The Morgan fingerprint density at radius 2 is 2.07 bits per heavy atom. The molecule has 0 nitrogen and oxygen atoms in total. The zero-order valence-electron chi connectivity index (χ0n) is 7.86. The van der Waals surface area contributed by atoms with Crippen LogP contribution >= 0.6 is 11.8 Å². The minimum atomic E-state index is -3.48. The maximum absolute atomic E-state index is 13.3. The van der Waals surface area contributed by atoms with E-state index in [-0.39, 0.29) is 5.56 Å². The number of halogens is 4. The molecular weight excluding hydrogens is 228 g/mol. The summed E-state index contributed by atoms with van der Waals surface area (Å²) >= 11 is 1.22. The minimum Gasteiger partial charge on any atom is -0.235 e. The van der Waals surface area contributed by atoms with Crippen molar-refractivity contribution >= 4 is 11.8 Å². The maximum atomic E-state index is 13.3. The summed E-state index contributed by atoms with van der Waals surface area (Å²) in [4.78, 5) is 0.520. The largest absolute Gasteiger partial charge is 0.286 e. The molecule has 0 saturated heterocycles. The second-order valence-corrected chi connectivity index (χ2v) is 4.29. The first-order chi connectivity index (χ1) is 6.97. The number of rotatable bonds is 1. The number of hydrogen-bond donors (Lipinski definition) is 0. The van der Waals surface area contributed by atoms with Crippen molar-refractivity contribution in [3.63, 3.8) is 0 Å². The van der Waals surface area contributed by atoms with E-state index < -0.39 is 29.9 Å². The molecule has 15 heavy (non-hydrogen) atoms. The van der Waals surface area contributed by atoms with Crippen LogP contribution < -0.4 is 0 Å². The van der Waals surface area contributed by atoms with Gasteiger partial charge in [-0.1, -0.05) is 0 Å². The Hall–Kier alpha value is -0.710. The number of thioether (sulfide) groups is 1. The Labute approximate surface area is 88.7 Å². The van der Waals surface area contributed by atoms with Crippen LogP contribution in [0.5, 0.6) is 0 Å². The smallest absolute Gasteiger partial charge is 0.235 e. The third-order valence-electron chi connectivity index (χ3n) is 2.52. The van der Waals surface area contributed by atoms with Gasteiger partial charge >= 0.3 is 0 Å². The highest BCUT2D eigenvalue weighted by molar-refractivity contribution is 7.98. The van der Waals surface area contributed by atoms with Gasteiger partial charge in [-0.3, -0.25) is 0 Å². The van der Waals surface area contributed by atoms with Crippen molar-refractivity contribution in [3.05, 3.63) is 29.1 Å². The van der Waals surface area contributed by atoms with Gasteiger partial charge in [0.05, 0.1) is 0 Å². The monoisotopic (exact) mass is 236 g/mol. The summed E-state index contributed by atoms with van der Waals surface area (Å²) in [5.41, 5.74) is -0.355. The third-order valence-corrected chi connectivity index (χ3v) is 3.34. The number of alkyl halides is 3. The Morgan fingerprint density at radius 1 is 1.40 bits per heavy atom. The van der Waals surface area contributed by atoms with Crippen LogP contribution in [0.4, 0.5) is 17.6 Å². The van der Waals surface area contributed by atoms with Gasteiger partial charge in [-0.2, -0.15) is 0 Å². The zero-order chi connectivity index (χ0) is 11.2. The summed E-state index contributed by atoms with van der Waals surface area (Å²) in [6, 6.07) is 2.45. The molecule has 1 aliphatic rings. The molecule has 0 aromatic heterocycles.